The topological polar surface area (TPSA) is 75.4 Å². The molecule has 3 N–H and O–H groups in total. The van der Waals surface area contributed by atoms with Gasteiger partial charge in [-0.25, -0.2) is 4.72 Å². The number of halogens is 1. The van der Waals surface area contributed by atoms with Crippen molar-refractivity contribution in [2.24, 2.45) is 11.7 Å². The Morgan fingerprint density at radius 3 is 2.50 bits per heavy atom. The molecule has 1 aliphatic rings. The molecule has 0 radical (unpaired) electrons. The van der Waals surface area contributed by atoms with Crippen LogP contribution in [0.15, 0.2) is 0 Å². The zero-order chi connectivity index (χ0) is 11.5. The number of nitrogens with two attached hydrogens (primary N) is 1. The van der Waals surface area contributed by atoms with Crippen molar-refractivity contribution >= 4 is 22.6 Å². The van der Waals surface area contributed by atoms with E-state index in [0.717, 1.165) is 12.8 Å². The first-order chi connectivity index (χ1) is 6.92. The highest BCUT2D eigenvalue weighted by Gasteiger charge is 2.27. The maximum Gasteiger partial charge on any atom is 0.279 e. The molecule has 0 aromatic heterocycles. The lowest BCUT2D eigenvalue weighted by Crippen LogP contribution is -2.40. The van der Waals surface area contributed by atoms with Crippen LogP contribution in [-0.2, 0) is 10.2 Å². The fraction of sp³-hybridized carbons (Fsp3) is 1.00. The Kier molecular flexibility index (Phi) is 6.81. The van der Waals surface area contributed by atoms with E-state index >= 15 is 0 Å². The Labute approximate surface area is 104 Å². The van der Waals surface area contributed by atoms with E-state index in [9.17, 15) is 8.42 Å². The van der Waals surface area contributed by atoms with Gasteiger partial charge >= 0.3 is 0 Å². The van der Waals surface area contributed by atoms with Crippen molar-refractivity contribution in [3.05, 3.63) is 0 Å². The van der Waals surface area contributed by atoms with Crippen LogP contribution in [0.4, 0.5) is 0 Å². The quantitative estimate of drug-likeness (QED) is 0.700. The first-order valence-corrected chi connectivity index (χ1v) is 6.82. The smallest absolute Gasteiger partial charge is 0.279 e. The van der Waals surface area contributed by atoms with Crippen LogP contribution in [0.25, 0.3) is 0 Å². The van der Waals surface area contributed by atoms with E-state index in [1.807, 2.05) is 6.92 Å². The Morgan fingerprint density at radius 2 is 2.06 bits per heavy atom. The van der Waals surface area contributed by atoms with Crippen LogP contribution in [0, 0.1) is 5.92 Å². The average molecular weight is 272 g/mol. The van der Waals surface area contributed by atoms with Crippen molar-refractivity contribution in [1.82, 2.24) is 9.03 Å². The van der Waals surface area contributed by atoms with Gasteiger partial charge in [-0.1, -0.05) is 0 Å². The molecule has 0 heterocycles. The molecule has 0 amide bonds. The Balaban J connectivity index is 0.00000225. The third kappa shape index (κ3) is 6.00. The summed E-state index contributed by atoms with van der Waals surface area (Å²) in [6.07, 6.45) is 2.97. The van der Waals surface area contributed by atoms with Gasteiger partial charge in [0.2, 0.25) is 0 Å². The molecule has 98 valence electrons. The molecule has 0 bridgehead atoms. The molecule has 1 aliphatic carbocycles. The largest absolute Gasteiger partial charge is 0.328 e. The van der Waals surface area contributed by atoms with Crippen LogP contribution < -0.4 is 10.5 Å². The normalized spacial score (nSPS) is 18.2. The van der Waals surface area contributed by atoms with Gasteiger partial charge in [0, 0.05) is 26.2 Å². The second-order valence-corrected chi connectivity index (χ2v) is 6.25. The summed E-state index contributed by atoms with van der Waals surface area (Å²) in [6.45, 7) is 2.91. The van der Waals surface area contributed by atoms with E-state index in [2.05, 4.69) is 4.72 Å². The molecule has 1 saturated carbocycles. The highest BCUT2D eigenvalue weighted by atomic mass is 35.5. The summed E-state index contributed by atoms with van der Waals surface area (Å²) in [6, 6.07) is 0.0291. The molecule has 0 aromatic carbocycles. The van der Waals surface area contributed by atoms with E-state index in [1.54, 1.807) is 7.05 Å². The van der Waals surface area contributed by atoms with Gasteiger partial charge in [0.15, 0.2) is 0 Å². The minimum absolute atomic E-state index is 0. The molecule has 0 aliphatic heterocycles. The highest BCUT2D eigenvalue weighted by Crippen LogP contribution is 2.29. The van der Waals surface area contributed by atoms with Gasteiger partial charge in [0.05, 0.1) is 0 Å². The first-order valence-electron chi connectivity index (χ1n) is 5.38. The Hall–Kier alpha value is 0.120. The number of nitrogens with one attached hydrogen (secondary N) is 1. The lowest BCUT2D eigenvalue weighted by molar-refractivity contribution is 0.441. The minimum Gasteiger partial charge on any atom is -0.328 e. The molecule has 1 atom stereocenters. The molecule has 0 saturated heterocycles. The molecule has 5 nitrogen and oxygen atoms in total. The standard InChI is InChI=1S/C9H21N3O2S.ClH/c1-8(10)5-6-11-15(13,14)12(2)7-9-3-4-9;/h8-9,11H,3-7,10H2,1-2H3;1H. The second kappa shape index (κ2) is 6.76. The molecular formula is C9H22ClN3O2S. The van der Waals surface area contributed by atoms with Crippen LogP contribution in [-0.4, -0.2) is 38.9 Å². The summed E-state index contributed by atoms with van der Waals surface area (Å²) in [5, 5.41) is 0. The van der Waals surface area contributed by atoms with E-state index in [0.29, 0.717) is 25.4 Å². The van der Waals surface area contributed by atoms with Crippen molar-refractivity contribution in [1.29, 1.82) is 0 Å². The molecule has 1 rings (SSSR count). The molecule has 16 heavy (non-hydrogen) atoms. The maximum absolute atomic E-state index is 11.6. The summed E-state index contributed by atoms with van der Waals surface area (Å²) in [5.74, 6) is 0.569. The molecule has 0 aromatic rings. The third-order valence-corrected chi connectivity index (χ3v) is 4.05. The fourth-order valence-electron chi connectivity index (χ4n) is 1.29. The van der Waals surface area contributed by atoms with Crippen LogP contribution in [0.3, 0.4) is 0 Å². The van der Waals surface area contributed by atoms with Gasteiger partial charge in [-0.05, 0) is 32.1 Å². The molecule has 1 unspecified atom stereocenters. The average Bonchev–Trinajstić information content (AvgIpc) is 2.86. The maximum atomic E-state index is 11.6. The first kappa shape index (κ1) is 16.1. The van der Waals surface area contributed by atoms with E-state index in [4.69, 9.17) is 5.73 Å². The summed E-state index contributed by atoms with van der Waals surface area (Å²) >= 11 is 0. The Bertz CT molecular complexity index is 291. The Morgan fingerprint density at radius 1 is 1.50 bits per heavy atom. The van der Waals surface area contributed by atoms with Crippen molar-refractivity contribution < 1.29 is 8.42 Å². The predicted molar refractivity (Wildman–Crippen MR) is 67.8 cm³/mol. The van der Waals surface area contributed by atoms with Crippen LogP contribution >= 0.6 is 12.4 Å². The van der Waals surface area contributed by atoms with Gasteiger partial charge in [-0.3, -0.25) is 0 Å². The molecule has 1 fully saturated rings. The number of hydrogen-bond acceptors (Lipinski definition) is 3. The molecular weight excluding hydrogens is 250 g/mol. The summed E-state index contributed by atoms with van der Waals surface area (Å²) in [7, 11) is -1.67. The van der Waals surface area contributed by atoms with Crippen molar-refractivity contribution in [2.45, 2.75) is 32.2 Å². The summed E-state index contributed by atoms with van der Waals surface area (Å²) in [4.78, 5) is 0. The monoisotopic (exact) mass is 271 g/mol. The van der Waals surface area contributed by atoms with Gasteiger partial charge in [-0.2, -0.15) is 12.7 Å². The van der Waals surface area contributed by atoms with Gasteiger partial charge in [0.25, 0.3) is 10.2 Å². The van der Waals surface area contributed by atoms with Crippen molar-refractivity contribution in [2.75, 3.05) is 20.1 Å². The lowest BCUT2D eigenvalue weighted by Gasteiger charge is -2.17. The van der Waals surface area contributed by atoms with Gasteiger partial charge in [0.1, 0.15) is 0 Å². The highest BCUT2D eigenvalue weighted by molar-refractivity contribution is 7.87. The van der Waals surface area contributed by atoms with E-state index < -0.39 is 10.2 Å². The van der Waals surface area contributed by atoms with E-state index in [1.165, 1.54) is 4.31 Å². The van der Waals surface area contributed by atoms with Gasteiger partial charge in [-0.15, -0.1) is 12.4 Å². The van der Waals surface area contributed by atoms with Crippen LogP contribution in [0.2, 0.25) is 0 Å². The van der Waals surface area contributed by atoms with Crippen molar-refractivity contribution in [3.8, 4) is 0 Å². The predicted octanol–water partition coefficient (Wildman–Crippen LogP) is 0.322. The zero-order valence-corrected chi connectivity index (χ0v) is 11.5. The lowest BCUT2D eigenvalue weighted by atomic mass is 10.3. The molecule has 7 heteroatoms. The minimum atomic E-state index is -3.28. The SMILES string of the molecule is CC(N)CCNS(=O)(=O)N(C)CC1CC1.Cl. The number of nitrogens with zero attached hydrogens (tertiary/aromatic N) is 1. The van der Waals surface area contributed by atoms with Gasteiger partial charge < -0.3 is 5.73 Å². The summed E-state index contributed by atoms with van der Waals surface area (Å²) < 4.78 is 27.2. The van der Waals surface area contributed by atoms with Crippen molar-refractivity contribution in [3.63, 3.8) is 0 Å². The zero-order valence-electron chi connectivity index (χ0n) is 9.85. The van der Waals surface area contributed by atoms with Crippen LogP contribution in [0.1, 0.15) is 26.2 Å². The number of rotatable bonds is 7. The number of hydrogen-bond donors (Lipinski definition) is 2. The third-order valence-electron chi connectivity index (χ3n) is 2.51. The van der Waals surface area contributed by atoms with E-state index in [-0.39, 0.29) is 18.4 Å². The second-order valence-electron chi connectivity index (χ2n) is 4.39. The summed E-state index contributed by atoms with van der Waals surface area (Å²) in [5.41, 5.74) is 5.54. The molecule has 0 spiro atoms. The fourth-order valence-corrected chi connectivity index (χ4v) is 2.29. The van der Waals surface area contributed by atoms with Crippen LogP contribution in [0.5, 0.6) is 0 Å².